The Balaban J connectivity index is 1.47. The van der Waals surface area contributed by atoms with E-state index in [9.17, 15) is 18.4 Å². The van der Waals surface area contributed by atoms with E-state index in [1.165, 1.54) is 28.4 Å². The molecule has 9 heteroatoms. The van der Waals surface area contributed by atoms with Crippen LogP contribution in [0.2, 0.25) is 0 Å². The number of thiazole rings is 1. The topological polar surface area (TPSA) is 66.4 Å². The van der Waals surface area contributed by atoms with E-state index in [-0.39, 0.29) is 24.4 Å². The lowest BCUT2D eigenvalue weighted by atomic mass is 10.1. The monoisotopic (exact) mass is 456 g/mol. The molecule has 1 aromatic carbocycles. The van der Waals surface area contributed by atoms with Crippen molar-refractivity contribution in [1.82, 2.24) is 14.9 Å². The Bertz CT molecular complexity index is 1130. The highest BCUT2D eigenvalue weighted by Gasteiger charge is 2.37. The molecule has 0 radical (unpaired) electrons. The molecule has 0 bridgehead atoms. The van der Waals surface area contributed by atoms with Crippen LogP contribution in [0.3, 0.4) is 0 Å². The number of aryl methyl sites for hydroxylation is 2. The first-order valence-corrected chi connectivity index (χ1v) is 11.1. The van der Waals surface area contributed by atoms with Crippen molar-refractivity contribution in [3.8, 4) is 0 Å². The number of aromatic nitrogens is 2. The number of rotatable bonds is 7. The Kier molecular flexibility index (Phi) is 6.27. The number of urea groups is 1. The molecule has 0 spiro atoms. The average Bonchev–Trinajstić information content (AvgIpc) is 3.27. The molecule has 1 aliphatic heterocycles. The Morgan fingerprint density at radius 1 is 1.22 bits per heavy atom. The zero-order chi connectivity index (χ0) is 22.8. The van der Waals surface area contributed by atoms with E-state index < -0.39 is 11.6 Å². The number of hydrogen-bond acceptors (Lipinski definition) is 5. The largest absolute Gasteiger partial charge is 0.326 e. The van der Waals surface area contributed by atoms with Crippen molar-refractivity contribution in [3.05, 3.63) is 76.1 Å². The van der Waals surface area contributed by atoms with Crippen LogP contribution in [0.1, 0.15) is 40.0 Å². The van der Waals surface area contributed by atoms with Gasteiger partial charge >= 0.3 is 6.03 Å². The van der Waals surface area contributed by atoms with Gasteiger partial charge in [-0.3, -0.25) is 14.7 Å². The van der Waals surface area contributed by atoms with Crippen molar-refractivity contribution in [2.24, 2.45) is 0 Å². The molecule has 0 unspecified atom stereocenters. The number of ketones is 1. The van der Waals surface area contributed by atoms with E-state index >= 15 is 0 Å². The van der Waals surface area contributed by atoms with Crippen molar-refractivity contribution < 1.29 is 18.4 Å². The van der Waals surface area contributed by atoms with Crippen molar-refractivity contribution >= 4 is 28.3 Å². The average molecular weight is 457 g/mol. The van der Waals surface area contributed by atoms with Crippen molar-refractivity contribution in [2.45, 2.75) is 39.3 Å². The molecule has 2 amide bonds. The highest BCUT2D eigenvalue weighted by atomic mass is 32.1. The van der Waals surface area contributed by atoms with Gasteiger partial charge in [-0.25, -0.2) is 18.6 Å². The fourth-order valence-electron chi connectivity index (χ4n) is 3.72. The molecule has 1 fully saturated rings. The Morgan fingerprint density at radius 3 is 2.66 bits per heavy atom. The van der Waals surface area contributed by atoms with Gasteiger partial charge in [0.05, 0.1) is 17.1 Å². The molecule has 2 aromatic heterocycles. The van der Waals surface area contributed by atoms with Crippen LogP contribution in [0.15, 0.2) is 42.6 Å². The third kappa shape index (κ3) is 4.67. The summed E-state index contributed by atoms with van der Waals surface area (Å²) in [4.78, 5) is 38.1. The van der Waals surface area contributed by atoms with Gasteiger partial charge in [-0.2, -0.15) is 0 Å². The summed E-state index contributed by atoms with van der Waals surface area (Å²) in [5, 5.41) is 0.452. The first-order chi connectivity index (χ1) is 15.3. The number of nitrogens with zero attached hydrogens (tertiary/aromatic N) is 4. The van der Waals surface area contributed by atoms with Gasteiger partial charge in [0.25, 0.3) is 0 Å². The van der Waals surface area contributed by atoms with Gasteiger partial charge in [-0.15, -0.1) is 0 Å². The van der Waals surface area contributed by atoms with Crippen molar-refractivity contribution in [2.75, 3.05) is 11.4 Å². The quantitative estimate of drug-likeness (QED) is 0.481. The van der Waals surface area contributed by atoms with Crippen LogP contribution in [0.5, 0.6) is 0 Å². The second-order valence-corrected chi connectivity index (χ2v) is 8.78. The van der Waals surface area contributed by atoms with E-state index in [1.54, 1.807) is 18.0 Å². The van der Waals surface area contributed by atoms with Crippen LogP contribution in [-0.2, 0) is 13.0 Å². The number of Topliss-reactive ketones (excluding diaryl/α,β-unsaturated/α-hetero) is 1. The minimum atomic E-state index is -0.680. The molecular formula is C23H22F2N4O2S. The molecule has 6 nitrogen and oxygen atoms in total. The molecule has 0 N–H and O–H groups in total. The number of carbonyl (C=O) groups excluding carboxylic acids is 2. The van der Waals surface area contributed by atoms with E-state index in [0.29, 0.717) is 40.7 Å². The minimum absolute atomic E-state index is 0.0383. The molecule has 3 aromatic rings. The summed E-state index contributed by atoms with van der Waals surface area (Å²) in [5.41, 5.74) is 1.81. The minimum Gasteiger partial charge on any atom is -0.315 e. The van der Waals surface area contributed by atoms with E-state index in [0.717, 1.165) is 11.8 Å². The van der Waals surface area contributed by atoms with Crippen LogP contribution in [0.25, 0.3) is 0 Å². The number of hydrogen-bond donors (Lipinski definition) is 0. The number of pyridine rings is 1. The van der Waals surface area contributed by atoms with Gasteiger partial charge in [-0.05, 0) is 50.1 Å². The smallest absolute Gasteiger partial charge is 0.315 e. The molecule has 166 valence electrons. The molecule has 0 saturated carbocycles. The Morgan fingerprint density at radius 2 is 1.97 bits per heavy atom. The molecule has 0 aliphatic carbocycles. The van der Waals surface area contributed by atoms with Crippen LogP contribution < -0.4 is 4.90 Å². The van der Waals surface area contributed by atoms with Gasteiger partial charge in [0.1, 0.15) is 11.6 Å². The fourth-order valence-corrected chi connectivity index (χ4v) is 4.76. The highest BCUT2D eigenvalue weighted by Crippen LogP contribution is 2.32. The molecule has 1 aliphatic rings. The fraction of sp³-hybridized carbons (Fsp3) is 0.304. The summed E-state index contributed by atoms with van der Waals surface area (Å²) in [5.74, 6) is -1.40. The lowest BCUT2D eigenvalue weighted by molar-refractivity contribution is 0.0985. The zero-order valence-electron chi connectivity index (χ0n) is 17.7. The first kappa shape index (κ1) is 22.0. The first-order valence-electron chi connectivity index (χ1n) is 10.3. The summed E-state index contributed by atoms with van der Waals surface area (Å²) in [6.07, 6.45) is 2.53. The predicted molar refractivity (Wildman–Crippen MR) is 118 cm³/mol. The third-order valence-corrected chi connectivity index (χ3v) is 6.56. The van der Waals surface area contributed by atoms with Crippen LogP contribution >= 0.6 is 11.3 Å². The normalized spacial score (nSPS) is 16.1. The van der Waals surface area contributed by atoms with Gasteiger partial charge < -0.3 is 4.90 Å². The molecule has 3 heterocycles. The number of benzene rings is 1. The summed E-state index contributed by atoms with van der Waals surface area (Å²) in [7, 11) is 0. The van der Waals surface area contributed by atoms with Gasteiger partial charge in [-0.1, -0.05) is 17.4 Å². The zero-order valence-corrected chi connectivity index (χ0v) is 18.5. The summed E-state index contributed by atoms with van der Waals surface area (Å²) in [6, 6.07) is 8.34. The lowest BCUT2D eigenvalue weighted by Crippen LogP contribution is -2.33. The highest BCUT2D eigenvalue weighted by molar-refractivity contribution is 7.17. The SMILES string of the molecule is Cc1nc(N2C[C@@H](C)N(Cc3cc(F)cc(F)c3)C2=O)sc1C(=O)CCc1ccccn1. The van der Waals surface area contributed by atoms with E-state index in [2.05, 4.69) is 9.97 Å². The second-order valence-electron chi connectivity index (χ2n) is 7.80. The van der Waals surface area contributed by atoms with E-state index in [4.69, 9.17) is 0 Å². The van der Waals surface area contributed by atoms with Gasteiger partial charge in [0.2, 0.25) is 0 Å². The van der Waals surface area contributed by atoms with E-state index in [1.807, 2.05) is 25.1 Å². The maximum absolute atomic E-state index is 13.5. The van der Waals surface area contributed by atoms with Crippen molar-refractivity contribution in [3.63, 3.8) is 0 Å². The molecule has 1 saturated heterocycles. The third-order valence-electron chi connectivity index (χ3n) is 5.33. The summed E-state index contributed by atoms with van der Waals surface area (Å²) < 4.78 is 27.1. The van der Waals surface area contributed by atoms with Crippen LogP contribution in [0.4, 0.5) is 18.7 Å². The summed E-state index contributed by atoms with van der Waals surface area (Å²) >= 11 is 1.20. The van der Waals surface area contributed by atoms with Gasteiger partial charge in [0, 0.05) is 37.0 Å². The number of carbonyl (C=O) groups is 2. The molecule has 32 heavy (non-hydrogen) atoms. The molecular weight excluding hydrogens is 434 g/mol. The Labute approximate surface area is 188 Å². The van der Waals surface area contributed by atoms with Gasteiger partial charge in [0.15, 0.2) is 10.9 Å². The maximum atomic E-state index is 13.5. The number of halogens is 2. The second kappa shape index (κ2) is 9.12. The predicted octanol–water partition coefficient (Wildman–Crippen LogP) is 4.77. The summed E-state index contributed by atoms with van der Waals surface area (Å²) in [6.45, 7) is 4.09. The maximum Gasteiger partial charge on any atom is 0.326 e. The molecule has 4 rings (SSSR count). The lowest BCUT2D eigenvalue weighted by Gasteiger charge is -2.20. The number of anilines is 1. The Hall–Kier alpha value is -3.20. The van der Waals surface area contributed by atoms with Crippen molar-refractivity contribution in [1.29, 1.82) is 0 Å². The standard InChI is InChI=1S/C23H22F2N4O2S/c1-14-12-29(23(31)28(14)13-16-9-17(24)11-18(25)10-16)22-27-15(2)21(32-22)20(30)7-6-19-5-3-4-8-26-19/h3-5,8-11,14H,6-7,12-13H2,1-2H3/t14-/m1/s1. The van der Waals surface area contributed by atoms with Crippen LogP contribution in [0, 0.1) is 18.6 Å². The number of amides is 2. The molecule has 1 atom stereocenters. The van der Waals surface area contributed by atoms with Crippen LogP contribution in [-0.4, -0.2) is 39.3 Å².